The summed E-state index contributed by atoms with van der Waals surface area (Å²) in [6, 6.07) is 7.19. The Labute approximate surface area is 162 Å². The molecule has 0 aliphatic carbocycles. The molecule has 2 heterocycles. The maximum absolute atomic E-state index is 12.6. The maximum atomic E-state index is 12.6. The van der Waals surface area contributed by atoms with E-state index in [0.29, 0.717) is 22.2 Å². The number of nitrogens with zero attached hydrogens (tertiary/aromatic N) is 2. The van der Waals surface area contributed by atoms with Gasteiger partial charge in [0.1, 0.15) is 0 Å². The van der Waals surface area contributed by atoms with Crippen LogP contribution in [0.4, 0.5) is 5.13 Å². The number of rotatable bonds is 5. The molecular formula is C17H14IN3O3S. The van der Waals surface area contributed by atoms with E-state index in [1.165, 1.54) is 18.4 Å². The van der Waals surface area contributed by atoms with Crippen molar-refractivity contribution in [2.45, 2.75) is 0 Å². The molecule has 0 fully saturated rings. The number of ether oxygens (including phenoxy) is 2. The lowest BCUT2D eigenvalue weighted by Gasteiger charge is -2.11. The molecule has 0 bridgehead atoms. The van der Waals surface area contributed by atoms with Crippen molar-refractivity contribution in [2.24, 2.45) is 0 Å². The smallest absolute Gasteiger partial charge is 0.258 e. The second-order valence-corrected chi connectivity index (χ2v) is 6.94. The molecule has 2 aromatic heterocycles. The molecule has 1 N–H and O–H groups in total. The van der Waals surface area contributed by atoms with Crippen molar-refractivity contribution >= 4 is 45.0 Å². The number of anilines is 1. The normalized spacial score (nSPS) is 10.4. The average Bonchev–Trinajstić information content (AvgIpc) is 3.10. The summed E-state index contributed by atoms with van der Waals surface area (Å²) in [6.07, 6.45) is 3.44. The van der Waals surface area contributed by atoms with Crippen LogP contribution in [0.15, 0.2) is 42.0 Å². The molecule has 3 aromatic rings. The number of thiazole rings is 1. The van der Waals surface area contributed by atoms with Gasteiger partial charge in [-0.3, -0.25) is 15.1 Å². The van der Waals surface area contributed by atoms with E-state index in [1.54, 1.807) is 31.6 Å². The number of amides is 1. The molecule has 6 nitrogen and oxygen atoms in total. The number of halogens is 1. The van der Waals surface area contributed by atoms with Crippen LogP contribution >= 0.6 is 33.9 Å². The first-order valence-corrected chi connectivity index (χ1v) is 9.17. The maximum Gasteiger partial charge on any atom is 0.258 e. The summed E-state index contributed by atoms with van der Waals surface area (Å²) in [4.78, 5) is 21.1. The fourth-order valence-electron chi connectivity index (χ4n) is 2.17. The lowest BCUT2D eigenvalue weighted by Crippen LogP contribution is -2.13. The van der Waals surface area contributed by atoms with E-state index < -0.39 is 0 Å². The van der Waals surface area contributed by atoms with Crippen molar-refractivity contribution in [3.8, 4) is 22.8 Å². The van der Waals surface area contributed by atoms with Crippen LogP contribution in [0.1, 0.15) is 10.4 Å². The van der Waals surface area contributed by atoms with Crippen LogP contribution in [0.5, 0.6) is 11.5 Å². The number of pyridine rings is 1. The first kappa shape index (κ1) is 17.6. The van der Waals surface area contributed by atoms with Gasteiger partial charge in [0.2, 0.25) is 0 Å². The summed E-state index contributed by atoms with van der Waals surface area (Å²) in [5.74, 6) is 0.831. The molecule has 25 heavy (non-hydrogen) atoms. The third-order valence-corrected chi connectivity index (χ3v) is 5.05. The summed E-state index contributed by atoms with van der Waals surface area (Å²) in [5, 5.41) is 5.23. The van der Waals surface area contributed by atoms with Gasteiger partial charge < -0.3 is 9.47 Å². The van der Waals surface area contributed by atoms with E-state index in [-0.39, 0.29) is 5.91 Å². The quantitative estimate of drug-likeness (QED) is 0.573. The van der Waals surface area contributed by atoms with Crippen molar-refractivity contribution in [2.75, 3.05) is 19.5 Å². The number of hydrogen-bond donors (Lipinski definition) is 1. The Morgan fingerprint density at radius 3 is 2.68 bits per heavy atom. The van der Waals surface area contributed by atoms with E-state index in [1.807, 2.05) is 17.5 Å². The monoisotopic (exact) mass is 467 g/mol. The Morgan fingerprint density at radius 2 is 2.00 bits per heavy atom. The Kier molecular flexibility index (Phi) is 5.49. The van der Waals surface area contributed by atoms with Crippen LogP contribution in [0.3, 0.4) is 0 Å². The molecule has 0 unspecified atom stereocenters. The number of benzene rings is 1. The van der Waals surface area contributed by atoms with Crippen molar-refractivity contribution < 1.29 is 14.3 Å². The number of carbonyl (C=O) groups excluding carboxylic acids is 1. The van der Waals surface area contributed by atoms with Gasteiger partial charge in [-0.1, -0.05) is 0 Å². The van der Waals surface area contributed by atoms with Crippen LogP contribution in [0.2, 0.25) is 0 Å². The second kappa shape index (κ2) is 7.79. The average molecular weight is 467 g/mol. The second-order valence-electron chi connectivity index (χ2n) is 4.92. The van der Waals surface area contributed by atoms with Crippen molar-refractivity contribution in [1.82, 2.24) is 9.97 Å². The molecular weight excluding hydrogens is 453 g/mol. The number of methoxy groups -OCH3 is 2. The number of nitrogens with one attached hydrogen (secondary N) is 1. The molecule has 0 aliphatic heterocycles. The van der Waals surface area contributed by atoms with Crippen LogP contribution in [-0.4, -0.2) is 30.1 Å². The molecule has 8 heteroatoms. The van der Waals surface area contributed by atoms with Crippen molar-refractivity contribution in [3.05, 3.63) is 51.2 Å². The molecule has 1 aromatic carbocycles. The van der Waals surface area contributed by atoms with Gasteiger partial charge in [-0.05, 0) is 46.9 Å². The van der Waals surface area contributed by atoms with E-state index in [2.05, 4.69) is 37.9 Å². The van der Waals surface area contributed by atoms with Crippen LogP contribution in [-0.2, 0) is 0 Å². The zero-order valence-electron chi connectivity index (χ0n) is 13.4. The highest BCUT2D eigenvalue weighted by atomic mass is 127. The molecule has 0 radical (unpaired) electrons. The van der Waals surface area contributed by atoms with Gasteiger partial charge in [0, 0.05) is 26.9 Å². The van der Waals surface area contributed by atoms with Crippen molar-refractivity contribution in [3.63, 3.8) is 0 Å². The van der Waals surface area contributed by atoms with Crippen molar-refractivity contribution in [1.29, 1.82) is 0 Å². The molecule has 1 amide bonds. The molecule has 128 valence electrons. The highest BCUT2D eigenvalue weighted by Crippen LogP contribution is 2.32. The standard InChI is InChI=1S/C17H14IN3O3S/c1-23-14-6-11(12(18)7-15(14)24-2)16(22)21-17-20-13(9-25-17)10-4-3-5-19-8-10/h3-9H,1-2H3,(H,20,21,22). The number of aromatic nitrogens is 2. The fraction of sp³-hybridized carbons (Fsp3) is 0.118. The largest absolute Gasteiger partial charge is 0.493 e. The third-order valence-electron chi connectivity index (χ3n) is 3.40. The highest BCUT2D eigenvalue weighted by molar-refractivity contribution is 14.1. The van der Waals surface area contributed by atoms with Gasteiger partial charge >= 0.3 is 0 Å². The number of hydrogen-bond acceptors (Lipinski definition) is 6. The zero-order chi connectivity index (χ0) is 17.8. The van der Waals surface area contributed by atoms with Crippen LogP contribution < -0.4 is 14.8 Å². The molecule has 0 atom stereocenters. The first-order chi connectivity index (χ1) is 12.1. The van der Waals surface area contributed by atoms with Gasteiger partial charge in [0.05, 0.1) is 25.5 Å². The van der Waals surface area contributed by atoms with Gasteiger partial charge in [-0.2, -0.15) is 0 Å². The number of carbonyl (C=O) groups is 1. The van der Waals surface area contributed by atoms with Crippen LogP contribution in [0.25, 0.3) is 11.3 Å². The Hall–Kier alpha value is -2.20. The van der Waals surface area contributed by atoms with Crippen LogP contribution in [0, 0.1) is 3.57 Å². The minimum absolute atomic E-state index is 0.252. The minimum Gasteiger partial charge on any atom is -0.493 e. The lowest BCUT2D eigenvalue weighted by molar-refractivity contribution is 0.102. The third kappa shape index (κ3) is 3.90. The van der Waals surface area contributed by atoms with Gasteiger partial charge in [-0.15, -0.1) is 11.3 Å². The Balaban J connectivity index is 1.82. The summed E-state index contributed by atoms with van der Waals surface area (Å²) in [6.45, 7) is 0. The van der Waals surface area contributed by atoms with Gasteiger partial charge in [0.15, 0.2) is 16.6 Å². The zero-order valence-corrected chi connectivity index (χ0v) is 16.4. The van der Waals surface area contributed by atoms with E-state index in [9.17, 15) is 4.79 Å². The first-order valence-electron chi connectivity index (χ1n) is 7.21. The highest BCUT2D eigenvalue weighted by Gasteiger charge is 2.17. The lowest BCUT2D eigenvalue weighted by atomic mass is 10.2. The van der Waals surface area contributed by atoms with Gasteiger partial charge in [0.25, 0.3) is 5.91 Å². The molecule has 0 aliphatic rings. The van der Waals surface area contributed by atoms with E-state index in [4.69, 9.17) is 9.47 Å². The molecule has 0 saturated heterocycles. The van der Waals surface area contributed by atoms with E-state index in [0.717, 1.165) is 14.8 Å². The molecule has 0 saturated carbocycles. The van der Waals surface area contributed by atoms with Gasteiger partial charge in [-0.25, -0.2) is 4.98 Å². The fourth-order valence-corrected chi connectivity index (χ4v) is 3.57. The summed E-state index contributed by atoms with van der Waals surface area (Å²) in [7, 11) is 3.09. The topological polar surface area (TPSA) is 73.3 Å². The Bertz CT molecular complexity index is 899. The van der Waals surface area contributed by atoms with E-state index >= 15 is 0 Å². The molecule has 0 spiro atoms. The predicted molar refractivity (Wildman–Crippen MR) is 106 cm³/mol. The summed E-state index contributed by atoms with van der Waals surface area (Å²) < 4.78 is 11.3. The summed E-state index contributed by atoms with van der Waals surface area (Å²) in [5.41, 5.74) is 2.17. The summed E-state index contributed by atoms with van der Waals surface area (Å²) >= 11 is 3.45. The minimum atomic E-state index is -0.252. The molecule has 3 rings (SSSR count). The Morgan fingerprint density at radius 1 is 1.24 bits per heavy atom. The predicted octanol–water partition coefficient (Wildman–Crippen LogP) is 4.08. The SMILES string of the molecule is COc1cc(I)c(C(=O)Nc2nc(-c3cccnc3)cs2)cc1OC.